The van der Waals surface area contributed by atoms with Gasteiger partial charge in [-0.3, -0.25) is 9.59 Å². The van der Waals surface area contributed by atoms with Gasteiger partial charge in [-0.25, -0.2) is 0 Å². The Morgan fingerprint density at radius 2 is 1.66 bits per heavy atom. The molecule has 0 bridgehead atoms. The van der Waals surface area contributed by atoms with Crippen molar-refractivity contribution in [3.63, 3.8) is 0 Å². The largest absolute Gasteiger partial charge is 0.349 e. The van der Waals surface area contributed by atoms with Crippen LogP contribution in [0.2, 0.25) is 0 Å². The Morgan fingerprint density at radius 1 is 0.969 bits per heavy atom. The predicted octanol–water partition coefficient (Wildman–Crippen LogP) is 4.79. The van der Waals surface area contributed by atoms with Crippen LogP contribution in [0, 0.1) is 13.8 Å². The number of hydrogen-bond donors (Lipinski definition) is 1. The molecule has 0 aliphatic heterocycles. The maximum atomic E-state index is 13.6. The lowest BCUT2D eigenvalue weighted by Gasteiger charge is -2.23. The van der Waals surface area contributed by atoms with Crippen LogP contribution in [0.5, 0.6) is 0 Å². The second-order valence-corrected chi connectivity index (χ2v) is 9.06. The molecule has 2 saturated carbocycles. The van der Waals surface area contributed by atoms with E-state index in [1.54, 1.807) is 0 Å². The van der Waals surface area contributed by atoms with E-state index in [4.69, 9.17) is 0 Å². The quantitative estimate of drug-likeness (QED) is 0.589. The number of carbonyl (C=O) groups excluding carboxylic acids is 2. The van der Waals surface area contributed by atoms with Crippen molar-refractivity contribution in [1.82, 2.24) is 14.8 Å². The molecule has 2 fully saturated rings. The van der Waals surface area contributed by atoms with Gasteiger partial charge in [0.2, 0.25) is 0 Å². The van der Waals surface area contributed by atoms with Crippen LogP contribution in [0.3, 0.4) is 0 Å². The lowest BCUT2D eigenvalue weighted by Crippen LogP contribution is -2.33. The van der Waals surface area contributed by atoms with Gasteiger partial charge in [0.1, 0.15) is 0 Å². The average molecular weight is 428 g/mol. The van der Waals surface area contributed by atoms with E-state index < -0.39 is 0 Å². The Balaban J connectivity index is 1.36. The second kappa shape index (κ2) is 8.30. The molecule has 5 rings (SSSR count). The number of rotatable bonds is 7. The summed E-state index contributed by atoms with van der Waals surface area (Å²) in [6.45, 7) is 4.62. The van der Waals surface area contributed by atoms with E-state index in [1.807, 2.05) is 67.3 Å². The van der Waals surface area contributed by atoms with Crippen LogP contribution >= 0.6 is 0 Å². The zero-order chi connectivity index (χ0) is 22.2. The van der Waals surface area contributed by atoms with E-state index in [0.717, 1.165) is 53.9 Å². The third kappa shape index (κ3) is 4.20. The summed E-state index contributed by atoms with van der Waals surface area (Å²) in [6.07, 6.45) is 4.25. The van der Waals surface area contributed by atoms with Crippen LogP contribution in [0.1, 0.15) is 63.4 Å². The van der Waals surface area contributed by atoms with Crippen LogP contribution < -0.4 is 5.32 Å². The van der Waals surface area contributed by atoms with Gasteiger partial charge in [-0.2, -0.15) is 0 Å². The Labute approximate surface area is 189 Å². The van der Waals surface area contributed by atoms with Crippen LogP contribution in [0.25, 0.3) is 5.69 Å². The molecule has 3 aromatic rings. The summed E-state index contributed by atoms with van der Waals surface area (Å²) in [5, 5.41) is 3.02. The van der Waals surface area contributed by atoms with Crippen molar-refractivity contribution in [2.24, 2.45) is 0 Å². The van der Waals surface area contributed by atoms with E-state index in [0.29, 0.717) is 24.2 Å². The molecule has 0 unspecified atom stereocenters. The first-order valence-electron chi connectivity index (χ1n) is 11.5. The lowest BCUT2D eigenvalue weighted by atomic mass is 10.1. The van der Waals surface area contributed by atoms with Gasteiger partial charge in [-0.1, -0.05) is 30.3 Å². The number of para-hydroxylation sites is 1. The molecule has 164 valence electrons. The Bertz CT molecular complexity index is 1140. The van der Waals surface area contributed by atoms with Crippen molar-refractivity contribution in [1.29, 1.82) is 0 Å². The maximum Gasteiger partial charge on any atom is 0.256 e. The zero-order valence-electron chi connectivity index (χ0n) is 18.7. The van der Waals surface area contributed by atoms with Crippen LogP contribution in [0.15, 0.2) is 60.7 Å². The summed E-state index contributed by atoms with van der Waals surface area (Å²) in [5.41, 5.74) is 5.58. The van der Waals surface area contributed by atoms with Crippen molar-refractivity contribution in [3.8, 4) is 5.69 Å². The molecule has 5 nitrogen and oxygen atoms in total. The summed E-state index contributed by atoms with van der Waals surface area (Å²) in [5.74, 6) is 0.0702. The molecule has 2 aliphatic carbocycles. The minimum Gasteiger partial charge on any atom is -0.349 e. The van der Waals surface area contributed by atoms with Crippen LogP contribution in [-0.4, -0.2) is 33.4 Å². The minimum atomic E-state index is -0.0115. The van der Waals surface area contributed by atoms with Gasteiger partial charge in [-0.05, 0) is 75.4 Å². The maximum absolute atomic E-state index is 13.6. The highest BCUT2D eigenvalue weighted by Gasteiger charge is 2.34. The van der Waals surface area contributed by atoms with Gasteiger partial charge in [0.25, 0.3) is 11.8 Å². The molecular formula is C27H29N3O2. The van der Waals surface area contributed by atoms with Gasteiger partial charge in [-0.15, -0.1) is 0 Å². The van der Waals surface area contributed by atoms with Gasteiger partial charge >= 0.3 is 0 Å². The number of aryl methyl sites for hydroxylation is 1. The van der Waals surface area contributed by atoms with E-state index >= 15 is 0 Å². The first-order chi connectivity index (χ1) is 15.5. The molecule has 0 saturated heterocycles. The van der Waals surface area contributed by atoms with Crippen molar-refractivity contribution in [2.45, 2.75) is 58.2 Å². The number of benzene rings is 2. The summed E-state index contributed by atoms with van der Waals surface area (Å²) < 4.78 is 2.14. The van der Waals surface area contributed by atoms with Gasteiger partial charge < -0.3 is 14.8 Å². The van der Waals surface area contributed by atoms with Crippen LogP contribution in [-0.2, 0) is 6.54 Å². The summed E-state index contributed by atoms with van der Waals surface area (Å²) >= 11 is 0. The number of carbonyl (C=O) groups is 2. The van der Waals surface area contributed by atoms with E-state index in [1.165, 1.54) is 0 Å². The fourth-order valence-electron chi connectivity index (χ4n) is 4.32. The molecule has 0 spiro atoms. The molecule has 0 radical (unpaired) electrons. The fourth-order valence-corrected chi connectivity index (χ4v) is 4.32. The highest BCUT2D eigenvalue weighted by Crippen LogP contribution is 2.32. The highest BCUT2D eigenvalue weighted by molar-refractivity contribution is 5.96. The van der Waals surface area contributed by atoms with E-state index in [2.05, 4.69) is 22.0 Å². The molecule has 1 N–H and O–H groups in total. The molecule has 2 amide bonds. The third-order valence-corrected chi connectivity index (χ3v) is 6.41. The molecule has 2 aliphatic rings. The predicted molar refractivity (Wildman–Crippen MR) is 125 cm³/mol. The Hall–Kier alpha value is -3.34. The molecule has 32 heavy (non-hydrogen) atoms. The summed E-state index contributed by atoms with van der Waals surface area (Å²) in [6, 6.07) is 20.5. The molecule has 2 aromatic carbocycles. The number of amides is 2. The van der Waals surface area contributed by atoms with Crippen molar-refractivity contribution < 1.29 is 9.59 Å². The molecule has 1 aromatic heterocycles. The molecule has 0 atom stereocenters. The first kappa shape index (κ1) is 20.6. The highest BCUT2D eigenvalue weighted by atomic mass is 16.2. The Morgan fingerprint density at radius 3 is 2.28 bits per heavy atom. The van der Waals surface area contributed by atoms with E-state index in [-0.39, 0.29) is 11.8 Å². The smallest absolute Gasteiger partial charge is 0.256 e. The average Bonchev–Trinajstić information content (AvgIpc) is 3.72. The van der Waals surface area contributed by atoms with Gasteiger partial charge in [0, 0.05) is 41.3 Å². The van der Waals surface area contributed by atoms with Crippen molar-refractivity contribution in [3.05, 3.63) is 88.7 Å². The third-order valence-electron chi connectivity index (χ3n) is 6.41. The first-order valence-corrected chi connectivity index (χ1v) is 11.5. The fraction of sp³-hybridized carbons (Fsp3) is 0.333. The molecule has 1 heterocycles. The second-order valence-electron chi connectivity index (χ2n) is 9.06. The number of nitrogens with zero attached hydrogens (tertiary/aromatic N) is 2. The number of aromatic nitrogens is 1. The van der Waals surface area contributed by atoms with Crippen LogP contribution in [0.4, 0.5) is 0 Å². The summed E-state index contributed by atoms with van der Waals surface area (Å²) in [7, 11) is 0. The van der Waals surface area contributed by atoms with E-state index in [9.17, 15) is 9.59 Å². The zero-order valence-corrected chi connectivity index (χ0v) is 18.7. The molecule has 5 heteroatoms. The topological polar surface area (TPSA) is 54.3 Å². The monoisotopic (exact) mass is 427 g/mol. The summed E-state index contributed by atoms with van der Waals surface area (Å²) in [4.78, 5) is 27.8. The molecular weight excluding hydrogens is 398 g/mol. The minimum absolute atomic E-state index is 0.0115. The number of hydrogen-bond acceptors (Lipinski definition) is 2. The van der Waals surface area contributed by atoms with Gasteiger partial charge in [0.15, 0.2) is 0 Å². The lowest BCUT2D eigenvalue weighted by molar-refractivity contribution is 0.0728. The standard InChI is InChI=1S/C27H29N3O2/c1-18-16-25(19(2)30(18)24-6-4-3-5-7-24)27(32)29(23-14-15-23)17-20-8-10-21(11-9-20)26(31)28-22-12-13-22/h3-11,16,22-23H,12-15,17H2,1-2H3,(H,28,31). The Kier molecular flexibility index (Phi) is 5.33. The number of nitrogens with one attached hydrogen (secondary N) is 1. The SMILES string of the molecule is Cc1cc(C(=O)N(Cc2ccc(C(=O)NC3CC3)cc2)C2CC2)c(C)n1-c1ccccc1. The normalized spacial score (nSPS) is 15.4. The van der Waals surface area contributed by atoms with Crippen molar-refractivity contribution >= 4 is 11.8 Å². The van der Waals surface area contributed by atoms with Crippen molar-refractivity contribution in [2.75, 3.05) is 0 Å². The van der Waals surface area contributed by atoms with Gasteiger partial charge in [0.05, 0.1) is 5.56 Å².